The maximum Gasteiger partial charge on any atom is 0.166 e. The lowest BCUT2D eigenvalue weighted by molar-refractivity contribution is 1.06. The molecule has 17 aromatic rings. The van der Waals surface area contributed by atoms with Crippen LogP contribution in [0.3, 0.4) is 0 Å². The van der Waals surface area contributed by atoms with E-state index in [-0.39, 0.29) is 0 Å². The first-order valence-corrected chi connectivity index (χ1v) is 28.2. The predicted molar refractivity (Wildman–Crippen MR) is 344 cm³/mol. The number of benzene rings is 12. The summed E-state index contributed by atoms with van der Waals surface area (Å²) in [4.78, 5) is 16.0. The van der Waals surface area contributed by atoms with Gasteiger partial charge in [-0.1, -0.05) is 188 Å². The van der Waals surface area contributed by atoms with Crippen LogP contribution in [0.4, 0.5) is 0 Å². The van der Waals surface area contributed by atoms with Gasteiger partial charge in [0.2, 0.25) is 0 Å². The van der Waals surface area contributed by atoms with E-state index in [1.54, 1.807) is 0 Å². The van der Waals surface area contributed by atoms with Crippen LogP contribution >= 0.6 is 0 Å². The van der Waals surface area contributed by atoms with Gasteiger partial charge in [-0.2, -0.15) is 5.26 Å². The molecule has 12 aromatic carbocycles. The average molecular weight is 1070 g/mol. The summed E-state index contributed by atoms with van der Waals surface area (Å²) >= 11 is 0. The number of nitriles is 1. The van der Waals surface area contributed by atoms with E-state index >= 15 is 0 Å². The number of fused-ring (bicyclic) bond motifs is 12. The summed E-state index contributed by atoms with van der Waals surface area (Å²) in [5.41, 5.74) is 17.4. The number of para-hydroxylation sites is 7. The second-order valence-electron chi connectivity index (χ2n) is 21.4. The molecule has 0 aliphatic heterocycles. The molecule has 8 nitrogen and oxygen atoms in total. The highest BCUT2D eigenvalue weighted by Gasteiger charge is 2.25. The van der Waals surface area contributed by atoms with Gasteiger partial charge in [0.25, 0.3) is 0 Å². The normalized spacial score (nSPS) is 11.8. The summed E-state index contributed by atoms with van der Waals surface area (Å²) in [5, 5.41) is 20.5. The molecule has 0 bridgehead atoms. The Morgan fingerprint density at radius 2 is 0.643 bits per heavy atom. The number of hydrogen-bond acceptors (Lipinski definition) is 4. The SMILES string of the molecule is N#Cc1cccc(-c2ccc(-n3c4ccccc4c4cc(-n5c6ccccc6c6ccccc65)ccc43)c(-c3nc(-c4ccccc4)nc(-c4ccccc4)n3)c2)c1-n1c2ccccc2c2cc(-n3c4ccccc4c4ccccc43)ccc21. The van der Waals surface area contributed by atoms with Crippen molar-refractivity contribution in [1.82, 2.24) is 33.2 Å². The first-order valence-electron chi connectivity index (χ1n) is 28.2. The molecule has 0 saturated carbocycles. The number of rotatable bonds is 8. The highest BCUT2D eigenvalue weighted by atomic mass is 15.1. The van der Waals surface area contributed by atoms with E-state index in [2.05, 4.69) is 231 Å². The Balaban J connectivity index is 0.918. The van der Waals surface area contributed by atoms with Crippen molar-refractivity contribution in [1.29, 1.82) is 5.26 Å². The Morgan fingerprint density at radius 1 is 0.262 bits per heavy atom. The summed E-state index contributed by atoms with van der Waals surface area (Å²) in [6.45, 7) is 0. The molecule has 0 saturated heterocycles. The minimum Gasteiger partial charge on any atom is -0.309 e. The van der Waals surface area contributed by atoms with E-state index in [9.17, 15) is 5.26 Å². The molecule has 5 aromatic heterocycles. The van der Waals surface area contributed by atoms with E-state index < -0.39 is 0 Å². The molecule has 0 aliphatic carbocycles. The van der Waals surface area contributed by atoms with Crippen molar-refractivity contribution in [3.63, 3.8) is 0 Å². The molecule has 0 unspecified atom stereocenters. The van der Waals surface area contributed by atoms with Crippen molar-refractivity contribution in [3.8, 4) is 74.1 Å². The second-order valence-corrected chi connectivity index (χ2v) is 21.4. The van der Waals surface area contributed by atoms with Gasteiger partial charge in [-0.3, -0.25) is 0 Å². The van der Waals surface area contributed by atoms with Crippen LogP contribution in [0, 0.1) is 11.3 Å². The Bertz CT molecular complexity index is 5420. The van der Waals surface area contributed by atoms with Crippen LogP contribution < -0.4 is 0 Å². The van der Waals surface area contributed by atoms with E-state index in [1.807, 2.05) is 72.8 Å². The van der Waals surface area contributed by atoms with Crippen molar-refractivity contribution in [2.75, 3.05) is 0 Å². The fraction of sp³-hybridized carbons (Fsp3) is 0. The zero-order chi connectivity index (χ0) is 55.4. The van der Waals surface area contributed by atoms with Gasteiger partial charge in [0.15, 0.2) is 17.5 Å². The Kier molecular flexibility index (Phi) is 10.5. The number of nitrogens with zero attached hydrogens (tertiary/aromatic N) is 8. The molecular formula is C76H46N8. The van der Waals surface area contributed by atoms with Gasteiger partial charge < -0.3 is 18.3 Å². The third-order valence-corrected chi connectivity index (χ3v) is 16.9. The average Bonchev–Trinajstić information content (AvgIpc) is 3.06. The van der Waals surface area contributed by atoms with Crippen LogP contribution in [0.1, 0.15) is 5.56 Å². The van der Waals surface area contributed by atoms with E-state index in [1.165, 1.54) is 21.5 Å². The van der Waals surface area contributed by atoms with Crippen LogP contribution in [0.15, 0.2) is 279 Å². The Morgan fingerprint density at radius 3 is 1.11 bits per heavy atom. The van der Waals surface area contributed by atoms with Gasteiger partial charge in [-0.25, -0.2) is 15.0 Å². The molecule has 84 heavy (non-hydrogen) atoms. The highest BCUT2D eigenvalue weighted by molar-refractivity contribution is 6.15. The maximum absolute atomic E-state index is 11.3. The third kappa shape index (κ3) is 7.16. The molecular weight excluding hydrogens is 1020 g/mol. The Hall–Kier alpha value is -11.7. The van der Waals surface area contributed by atoms with E-state index in [0.29, 0.717) is 23.0 Å². The number of aromatic nitrogens is 7. The molecule has 5 heterocycles. The van der Waals surface area contributed by atoms with Crippen LogP contribution in [-0.2, 0) is 0 Å². The first kappa shape index (κ1) is 47.2. The lowest BCUT2D eigenvalue weighted by Gasteiger charge is -2.19. The highest BCUT2D eigenvalue weighted by Crippen LogP contribution is 2.44. The molecule has 8 heteroatoms. The maximum atomic E-state index is 11.3. The second kappa shape index (κ2) is 18.7. The van der Waals surface area contributed by atoms with Gasteiger partial charge in [-0.05, 0) is 96.6 Å². The molecule has 0 spiro atoms. The monoisotopic (exact) mass is 1070 g/mol. The lowest BCUT2D eigenvalue weighted by atomic mass is 9.96. The van der Waals surface area contributed by atoms with Crippen molar-refractivity contribution >= 4 is 87.2 Å². The topological polar surface area (TPSA) is 82.2 Å². The zero-order valence-corrected chi connectivity index (χ0v) is 45.1. The van der Waals surface area contributed by atoms with Crippen molar-refractivity contribution in [3.05, 3.63) is 285 Å². The summed E-state index contributed by atoms with van der Waals surface area (Å²) in [6, 6.07) is 101. The van der Waals surface area contributed by atoms with E-state index in [0.717, 1.165) is 116 Å². The van der Waals surface area contributed by atoms with E-state index in [4.69, 9.17) is 15.0 Å². The van der Waals surface area contributed by atoms with Gasteiger partial charge in [0.05, 0.1) is 61.1 Å². The smallest absolute Gasteiger partial charge is 0.166 e. The van der Waals surface area contributed by atoms with Crippen LogP contribution in [0.5, 0.6) is 0 Å². The van der Waals surface area contributed by atoms with Gasteiger partial charge in [-0.15, -0.1) is 0 Å². The van der Waals surface area contributed by atoms with Gasteiger partial charge in [0.1, 0.15) is 6.07 Å². The summed E-state index contributed by atoms with van der Waals surface area (Å²) in [6.07, 6.45) is 0. The molecule has 390 valence electrons. The van der Waals surface area contributed by atoms with Gasteiger partial charge >= 0.3 is 0 Å². The Labute approximate surface area is 481 Å². The predicted octanol–water partition coefficient (Wildman–Crippen LogP) is 18.8. The molecule has 17 rings (SSSR count). The summed E-state index contributed by atoms with van der Waals surface area (Å²) < 4.78 is 9.39. The molecule has 0 fully saturated rings. The van der Waals surface area contributed by atoms with Crippen LogP contribution in [0.2, 0.25) is 0 Å². The van der Waals surface area contributed by atoms with Gasteiger partial charge in [0, 0.05) is 76.7 Å². The lowest BCUT2D eigenvalue weighted by Crippen LogP contribution is -2.05. The molecule has 0 radical (unpaired) electrons. The number of hydrogen-bond donors (Lipinski definition) is 0. The minimum atomic E-state index is 0.514. The standard InChI is InChI=1S/C76H46N8/c77-47-51-24-19-31-54(73(51)84-69-37-18-12-30-60(69)62-46-53(40-43-71(62)84)82-66-34-15-9-27-57(66)58-28-10-16-35-67(58)82)50-38-41-72(63(44-50)76-79-74(48-20-3-1-4-21-48)78-75(80-76)49-22-5-2-6-23-49)83-68-36-17-11-29-59(68)61-45-52(39-42-70(61)83)81-64-32-13-7-25-55(64)56-26-8-14-33-65(56)81/h1-46H. The minimum absolute atomic E-state index is 0.514. The molecule has 0 amide bonds. The molecule has 0 atom stereocenters. The van der Waals surface area contributed by atoms with Crippen molar-refractivity contribution in [2.24, 2.45) is 0 Å². The van der Waals surface area contributed by atoms with Crippen molar-refractivity contribution < 1.29 is 0 Å². The summed E-state index contributed by atoms with van der Waals surface area (Å²) in [7, 11) is 0. The summed E-state index contributed by atoms with van der Waals surface area (Å²) in [5.74, 6) is 1.64. The largest absolute Gasteiger partial charge is 0.309 e. The molecule has 0 aliphatic rings. The zero-order valence-electron chi connectivity index (χ0n) is 45.1. The fourth-order valence-electron chi connectivity index (χ4n) is 13.2. The quantitative estimate of drug-likeness (QED) is 0.152. The molecule has 0 N–H and O–H groups in total. The fourth-order valence-corrected chi connectivity index (χ4v) is 13.2. The third-order valence-electron chi connectivity index (χ3n) is 16.9. The van der Waals surface area contributed by atoms with Crippen molar-refractivity contribution in [2.45, 2.75) is 0 Å². The first-order chi connectivity index (χ1) is 41.6. The van der Waals surface area contributed by atoms with Crippen LogP contribution in [-0.4, -0.2) is 33.2 Å². The van der Waals surface area contributed by atoms with Crippen LogP contribution in [0.25, 0.3) is 155 Å².